The number of carboxylic acid groups (broad SMARTS) is 1. The molecule has 0 saturated carbocycles. The van der Waals surface area contributed by atoms with Crippen LogP contribution in [0.3, 0.4) is 0 Å². The number of nitrogens with one attached hydrogen (secondary N) is 1. The molecule has 4 atom stereocenters. The van der Waals surface area contributed by atoms with Gasteiger partial charge in [-0.1, -0.05) is 87.9 Å². The minimum absolute atomic E-state index is 0.132. The van der Waals surface area contributed by atoms with Crippen LogP contribution >= 0.6 is 0 Å². The highest BCUT2D eigenvalue weighted by Gasteiger charge is 2.21. The number of aliphatic hydroxyl groups is 4. The number of allylic oxidation sites excluding steroid dienone is 2. The number of aliphatic hydroxyl groups excluding tert-OH is 4. The Balaban J connectivity index is 3.27. The van der Waals surface area contributed by atoms with Crippen molar-refractivity contribution in [1.29, 1.82) is 0 Å². The van der Waals surface area contributed by atoms with Gasteiger partial charge in [0.15, 0.2) is 0 Å². The maximum absolute atomic E-state index is 10.8. The van der Waals surface area contributed by atoms with E-state index < -0.39 is 24.3 Å². The Hall–Kier alpha value is -2.03. The molecule has 0 fully saturated rings. The van der Waals surface area contributed by atoms with Crippen LogP contribution in [0.5, 0.6) is 0 Å². The molecule has 0 spiro atoms. The smallest absolute Gasteiger partial charge is 0.303 e. The number of hydrogen-bond acceptors (Lipinski definition) is 6. The first-order valence-electron chi connectivity index (χ1n) is 14.8. The molecule has 0 aliphatic carbocycles. The summed E-state index contributed by atoms with van der Waals surface area (Å²) in [7, 11) is 0. The van der Waals surface area contributed by atoms with Crippen molar-refractivity contribution in [2.24, 2.45) is 0 Å². The third kappa shape index (κ3) is 17.3. The number of hydrogen-bond donors (Lipinski definition) is 6. The third-order valence-electron chi connectivity index (χ3n) is 6.94. The van der Waals surface area contributed by atoms with E-state index in [0.717, 1.165) is 62.5 Å². The van der Waals surface area contributed by atoms with E-state index in [2.05, 4.69) is 24.4 Å². The molecule has 1 rings (SSSR count). The molecule has 7 nitrogen and oxygen atoms in total. The quantitative estimate of drug-likeness (QED) is 0.0847. The summed E-state index contributed by atoms with van der Waals surface area (Å²) in [6.45, 7) is 3.90. The van der Waals surface area contributed by atoms with Gasteiger partial charge >= 0.3 is 5.97 Å². The van der Waals surface area contributed by atoms with Crippen LogP contribution in [0.4, 0.5) is 0 Å². The van der Waals surface area contributed by atoms with Crippen LogP contribution in [0.15, 0.2) is 53.6 Å². The van der Waals surface area contributed by atoms with E-state index in [9.17, 15) is 25.2 Å². The third-order valence-corrected chi connectivity index (χ3v) is 6.94. The van der Waals surface area contributed by atoms with Gasteiger partial charge < -0.3 is 30.8 Å². The van der Waals surface area contributed by atoms with Gasteiger partial charge in [0.05, 0.1) is 24.9 Å². The molecule has 0 saturated heterocycles. The Kier molecular flexibility index (Phi) is 19.5. The molecular weight excluding hydrogens is 494 g/mol. The summed E-state index contributed by atoms with van der Waals surface area (Å²) in [6.07, 6.45) is 11.6. The number of carboxylic acids is 1. The number of benzene rings is 1. The molecule has 1 aromatic carbocycles. The molecule has 0 heterocycles. The van der Waals surface area contributed by atoms with E-state index in [0.29, 0.717) is 25.8 Å². The summed E-state index contributed by atoms with van der Waals surface area (Å²) in [5.41, 5.74) is 3.20. The Morgan fingerprint density at radius 1 is 0.949 bits per heavy atom. The van der Waals surface area contributed by atoms with Crippen LogP contribution in [0.2, 0.25) is 0 Å². The minimum Gasteiger partial charge on any atom is -0.481 e. The zero-order valence-electron chi connectivity index (χ0n) is 24.1. The van der Waals surface area contributed by atoms with Gasteiger partial charge in [0.25, 0.3) is 0 Å². The van der Waals surface area contributed by atoms with Crippen molar-refractivity contribution < 1.29 is 30.3 Å². The number of aliphatic carboxylic acids is 1. The molecule has 1 aromatic rings. The van der Waals surface area contributed by atoms with E-state index in [4.69, 9.17) is 5.11 Å². The minimum atomic E-state index is -0.916. The standard InChI is InChI=1S/C32H53NO6/c1-3-4-8-15-28(36)21-20-27(19-18-26-13-9-7-10-14-26)30(22-29(37)24-34)31(33-23-25(2)35)16-11-5-6-12-17-32(38)39/h7,9-10,13-14,20-21,25,28-29,31,33-37H,3-6,8,11-12,15-19,22-24H2,1-2H3,(H,38,39)/b21-20+,30-27+/t25-,28-,29-,31-/m0/s1. The van der Waals surface area contributed by atoms with Crippen molar-refractivity contribution >= 4 is 5.97 Å². The van der Waals surface area contributed by atoms with Gasteiger partial charge in [-0.3, -0.25) is 4.79 Å². The lowest BCUT2D eigenvalue weighted by Crippen LogP contribution is -2.37. The fourth-order valence-corrected chi connectivity index (χ4v) is 4.71. The molecular formula is C32H53NO6. The molecule has 0 amide bonds. The van der Waals surface area contributed by atoms with E-state index in [1.54, 1.807) is 6.92 Å². The van der Waals surface area contributed by atoms with Crippen molar-refractivity contribution in [3.8, 4) is 0 Å². The normalized spacial score (nSPS) is 15.6. The lowest BCUT2D eigenvalue weighted by Gasteiger charge is -2.27. The summed E-state index contributed by atoms with van der Waals surface area (Å²) < 4.78 is 0. The highest BCUT2D eigenvalue weighted by Crippen LogP contribution is 2.26. The molecule has 0 aromatic heterocycles. The predicted molar refractivity (Wildman–Crippen MR) is 158 cm³/mol. The summed E-state index contributed by atoms with van der Waals surface area (Å²) in [5, 5.41) is 53.2. The van der Waals surface area contributed by atoms with E-state index >= 15 is 0 Å². The largest absolute Gasteiger partial charge is 0.481 e. The van der Waals surface area contributed by atoms with Crippen molar-refractivity contribution in [3.05, 3.63) is 59.2 Å². The fraction of sp³-hybridized carbons (Fsp3) is 0.656. The van der Waals surface area contributed by atoms with Gasteiger partial charge in [-0.25, -0.2) is 0 Å². The maximum atomic E-state index is 10.8. The Labute approximate surface area is 235 Å². The van der Waals surface area contributed by atoms with E-state index in [1.807, 2.05) is 30.4 Å². The first-order valence-corrected chi connectivity index (χ1v) is 14.8. The van der Waals surface area contributed by atoms with Crippen LogP contribution in [-0.4, -0.2) is 69.0 Å². The monoisotopic (exact) mass is 547 g/mol. The highest BCUT2D eigenvalue weighted by molar-refractivity contribution is 5.66. The molecule has 0 bridgehead atoms. The van der Waals surface area contributed by atoms with Gasteiger partial charge in [-0.05, 0) is 62.2 Å². The first-order chi connectivity index (χ1) is 18.8. The molecule has 222 valence electrons. The molecule has 0 aliphatic heterocycles. The topological polar surface area (TPSA) is 130 Å². The number of aryl methyl sites for hydroxylation is 1. The summed E-state index contributed by atoms with van der Waals surface area (Å²) >= 11 is 0. The van der Waals surface area contributed by atoms with Crippen molar-refractivity contribution in [3.63, 3.8) is 0 Å². The van der Waals surface area contributed by atoms with Crippen molar-refractivity contribution in [2.45, 2.75) is 122 Å². The number of carbonyl (C=O) groups is 1. The van der Waals surface area contributed by atoms with Crippen molar-refractivity contribution in [2.75, 3.05) is 13.2 Å². The van der Waals surface area contributed by atoms with Crippen LogP contribution in [0.25, 0.3) is 0 Å². The van der Waals surface area contributed by atoms with Crippen LogP contribution in [-0.2, 0) is 11.2 Å². The highest BCUT2D eigenvalue weighted by atomic mass is 16.4. The SMILES string of the molecule is CCCCC[C@H](O)/C=C/C(CCc1ccccc1)=C(\C[C@H](O)CO)[C@H](CCCCCCC(=O)O)NC[C@H](C)O. The lowest BCUT2D eigenvalue weighted by molar-refractivity contribution is -0.137. The molecule has 7 heteroatoms. The average Bonchev–Trinajstić information content (AvgIpc) is 2.91. The van der Waals surface area contributed by atoms with Gasteiger partial charge in [0.1, 0.15) is 0 Å². The first kappa shape index (κ1) is 35.0. The average molecular weight is 548 g/mol. The molecule has 0 unspecified atom stereocenters. The zero-order valence-corrected chi connectivity index (χ0v) is 24.1. The second-order valence-electron chi connectivity index (χ2n) is 10.7. The van der Waals surface area contributed by atoms with Gasteiger partial charge in [-0.15, -0.1) is 0 Å². The van der Waals surface area contributed by atoms with Gasteiger partial charge in [0.2, 0.25) is 0 Å². The zero-order chi connectivity index (χ0) is 28.9. The summed E-state index contributed by atoms with van der Waals surface area (Å²) in [6, 6.07) is 10.1. The fourth-order valence-electron chi connectivity index (χ4n) is 4.71. The molecule has 0 aliphatic rings. The lowest BCUT2D eigenvalue weighted by atomic mass is 9.88. The van der Waals surface area contributed by atoms with E-state index in [-0.39, 0.29) is 25.5 Å². The van der Waals surface area contributed by atoms with Crippen LogP contribution in [0, 0.1) is 0 Å². The Morgan fingerprint density at radius 3 is 2.28 bits per heavy atom. The summed E-state index contributed by atoms with van der Waals surface area (Å²) in [5.74, 6) is -0.776. The van der Waals surface area contributed by atoms with E-state index in [1.165, 1.54) is 5.56 Å². The Morgan fingerprint density at radius 2 is 1.64 bits per heavy atom. The maximum Gasteiger partial charge on any atom is 0.303 e. The van der Waals surface area contributed by atoms with Crippen molar-refractivity contribution in [1.82, 2.24) is 5.32 Å². The predicted octanol–water partition coefficient (Wildman–Crippen LogP) is 4.92. The number of rotatable bonds is 23. The summed E-state index contributed by atoms with van der Waals surface area (Å²) in [4.78, 5) is 10.8. The molecule has 6 N–H and O–H groups in total. The molecule has 0 radical (unpaired) electrons. The van der Waals surface area contributed by atoms with Gasteiger partial charge in [-0.2, -0.15) is 0 Å². The molecule has 39 heavy (non-hydrogen) atoms. The Bertz CT molecular complexity index is 823. The number of unbranched alkanes of at least 4 members (excludes halogenated alkanes) is 5. The van der Waals surface area contributed by atoms with Crippen LogP contribution < -0.4 is 5.32 Å². The second-order valence-corrected chi connectivity index (χ2v) is 10.7. The second kappa shape index (κ2) is 21.8. The van der Waals surface area contributed by atoms with Gasteiger partial charge in [0, 0.05) is 19.0 Å². The van der Waals surface area contributed by atoms with Crippen LogP contribution in [0.1, 0.15) is 96.5 Å².